The third-order valence-electron chi connectivity index (χ3n) is 5.16. The normalized spacial score (nSPS) is 10.8. The zero-order chi connectivity index (χ0) is 24.2. The van der Waals surface area contributed by atoms with Gasteiger partial charge in [-0.05, 0) is 60.7 Å². The molecular weight excluding hydrogens is 450 g/mol. The molecule has 0 fully saturated rings. The first-order valence-electron chi connectivity index (χ1n) is 10.6. The summed E-state index contributed by atoms with van der Waals surface area (Å²) in [7, 11) is 1.60. The molecule has 0 atom stereocenters. The zero-order valence-electron chi connectivity index (χ0n) is 18.6. The van der Waals surface area contributed by atoms with E-state index in [-0.39, 0.29) is 12.2 Å². The van der Waals surface area contributed by atoms with Gasteiger partial charge in [-0.1, -0.05) is 18.2 Å². The molecule has 0 unspecified atom stereocenters. The summed E-state index contributed by atoms with van der Waals surface area (Å²) in [6.07, 6.45) is 0. The van der Waals surface area contributed by atoms with Crippen molar-refractivity contribution in [1.82, 2.24) is 10.2 Å². The molecular formula is C26H19N3O6. The van der Waals surface area contributed by atoms with Crippen LogP contribution in [0.4, 0.5) is 5.69 Å². The van der Waals surface area contributed by atoms with Crippen LogP contribution in [-0.4, -0.2) is 23.2 Å². The lowest BCUT2D eigenvalue weighted by Gasteiger charge is -2.07. The van der Waals surface area contributed by atoms with E-state index in [0.29, 0.717) is 34.2 Å². The standard InChI is InChI=1S/C26H19N3O6/c1-32-19-10-6-16(7-11-19)25-29-28-23(35-25)15-33-20-12-8-18(9-13-20)27-24(30)21-14-17-4-2-3-5-22(17)34-26(21)31/h2-14H,15H2,1H3,(H,27,30). The van der Waals surface area contributed by atoms with Crippen molar-refractivity contribution in [2.24, 2.45) is 0 Å². The van der Waals surface area contributed by atoms with Gasteiger partial charge in [0.05, 0.1) is 7.11 Å². The largest absolute Gasteiger partial charge is 0.497 e. The van der Waals surface area contributed by atoms with Crippen LogP contribution in [0, 0.1) is 0 Å². The van der Waals surface area contributed by atoms with Gasteiger partial charge >= 0.3 is 5.63 Å². The number of methoxy groups -OCH3 is 1. The molecule has 2 heterocycles. The van der Waals surface area contributed by atoms with E-state index in [9.17, 15) is 9.59 Å². The molecule has 0 aliphatic heterocycles. The number of fused-ring (bicyclic) bond motifs is 1. The molecule has 0 aliphatic rings. The van der Waals surface area contributed by atoms with Gasteiger partial charge < -0.3 is 23.6 Å². The lowest BCUT2D eigenvalue weighted by molar-refractivity contribution is 0.102. The Bertz CT molecular complexity index is 1540. The maximum Gasteiger partial charge on any atom is 0.349 e. The Morgan fingerprint density at radius 2 is 1.66 bits per heavy atom. The summed E-state index contributed by atoms with van der Waals surface area (Å²) in [5, 5.41) is 11.4. The Morgan fingerprint density at radius 3 is 2.43 bits per heavy atom. The second-order valence-corrected chi connectivity index (χ2v) is 7.48. The van der Waals surface area contributed by atoms with E-state index in [4.69, 9.17) is 18.3 Å². The molecule has 0 bridgehead atoms. The van der Waals surface area contributed by atoms with E-state index in [2.05, 4.69) is 15.5 Å². The van der Waals surface area contributed by atoms with Gasteiger partial charge in [0.1, 0.15) is 22.6 Å². The van der Waals surface area contributed by atoms with Gasteiger partial charge in [0.15, 0.2) is 6.61 Å². The number of para-hydroxylation sites is 1. The van der Waals surface area contributed by atoms with Crippen molar-refractivity contribution in [2.45, 2.75) is 6.61 Å². The zero-order valence-corrected chi connectivity index (χ0v) is 18.6. The number of nitrogens with zero attached hydrogens (tertiary/aromatic N) is 2. The highest BCUT2D eigenvalue weighted by atomic mass is 16.5. The highest BCUT2D eigenvalue weighted by Gasteiger charge is 2.14. The van der Waals surface area contributed by atoms with Crippen molar-refractivity contribution in [3.8, 4) is 23.0 Å². The number of amides is 1. The van der Waals surface area contributed by atoms with E-state index in [1.807, 2.05) is 24.3 Å². The van der Waals surface area contributed by atoms with Crippen molar-refractivity contribution in [1.29, 1.82) is 0 Å². The van der Waals surface area contributed by atoms with Gasteiger partial charge in [-0.15, -0.1) is 10.2 Å². The number of hydrogen-bond donors (Lipinski definition) is 1. The first-order valence-corrected chi connectivity index (χ1v) is 10.6. The van der Waals surface area contributed by atoms with Crippen LogP contribution in [0.3, 0.4) is 0 Å². The molecule has 0 saturated heterocycles. The lowest BCUT2D eigenvalue weighted by atomic mass is 10.1. The Kier molecular flexibility index (Phi) is 5.96. The molecule has 35 heavy (non-hydrogen) atoms. The van der Waals surface area contributed by atoms with Crippen molar-refractivity contribution < 1.29 is 23.1 Å². The molecule has 5 aromatic rings. The average Bonchev–Trinajstić information content (AvgIpc) is 3.37. The van der Waals surface area contributed by atoms with Crippen molar-refractivity contribution in [3.63, 3.8) is 0 Å². The second kappa shape index (κ2) is 9.52. The fourth-order valence-corrected chi connectivity index (χ4v) is 3.36. The molecule has 0 saturated carbocycles. The number of carbonyl (C=O) groups excluding carboxylic acids is 1. The number of hydrogen-bond acceptors (Lipinski definition) is 8. The maximum atomic E-state index is 12.6. The van der Waals surface area contributed by atoms with Crippen LogP contribution in [0.15, 0.2) is 92.5 Å². The van der Waals surface area contributed by atoms with Crippen LogP contribution in [0.25, 0.3) is 22.4 Å². The average molecular weight is 469 g/mol. The summed E-state index contributed by atoms with van der Waals surface area (Å²) in [5.41, 5.74) is 0.912. The fraction of sp³-hybridized carbons (Fsp3) is 0.0769. The molecule has 0 aliphatic carbocycles. The van der Waals surface area contributed by atoms with Crippen LogP contribution >= 0.6 is 0 Å². The van der Waals surface area contributed by atoms with Crippen LogP contribution < -0.4 is 20.4 Å². The molecule has 9 heteroatoms. The minimum Gasteiger partial charge on any atom is -0.497 e. The van der Waals surface area contributed by atoms with E-state index < -0.39 is 11.5 Å². The molecule has 0 spiro atoms. The Hall–Kier alpha value is -4.92. The molecule has 3 aromatic carbocycles. The highest BCUT2D eigenvalue weighted by Crippen LogP contribution is 2.22. The molecule has 1 amide bonds. The topological polar surface area (TPSA) is 117 Å². The monoisotopic (exact) mass is 469 g/mol. The summed E-state index contributed by atoms with van der Waals surface area (Å²) in [5.74, 6) is 1.41. The Balaban J connectivity index is 1.20. The molecule has 2 aromatic heterocycles. The third-order valence-corrected chi connectivity index (χ3v) is 5.16. The van der Waals surface area contributed by atoms with E-state index in [1.165, 1.54) is 6.07 Å². The lowest BCUT2D eigenvalue weighted by Crippen LogP contribution is -2.20. The molecule has 1 N–H and O–H groups in total. The van der Waals surface area contributed by atoms with Crippen LogP contribution in [0.2, 0.25) is 0 Å². The van der Waals surface area contributed by atoms with E-state index in [0.717, 1.165) is 11.3 Å². The predicted molar refractivity (Wildman–Crippen MR) is 127 cm³/mol. The number of rotatable bonds is 7. The number of nitrogens with one attached hydrogen (secondary N) is 1. The number of benzene rings is 3. The maximum absolute atomic E-state index is 12.6. The Morgan fingerprint density at radius 1 is 0.914 bits per heavy atom. The third kappa shape index (κ3) is 4.88. The van der Waals surface area contributed by atoms with Gasteiger partial charge in [-0.25, -0.2) is 4.79 Å². The summed E-state index contributed by atoms with van der Waals surface area (Å²) in [6.45, 7) is 0.0764. The van der Waals surface area contributed by atoms with E-state index >= 15 is 0 Å². The Labute approximate surface area is 198 Å². The van der Waals surface area contributed by atoms with Crippen molar-refractivity contribution in [3.05, 3.63) is 101 Å². The summed E-state index contributed by atoms with van der Waals surface area (Å²) in [6, 6.07) is 22.5. The number of anilines is 1. The smallest absolute Gasteiger partial charge is 0.349 e. The first kappa shape index (κ1) is 21.9. The molecule has 9 nitrogen and oxygen atoms in total. The van der Waals surface area contributed by atoms with Crippen LogP contribution in [-0.2, 0) is 6.61 Å². The predicted octanol–water partition coefficient (Wildman–Crippen LogP) is 4.68. The van der Waals surface area contributed by atoms with E-state index in [1.54, 1.807) is 55.6 Å². The second-order valence-electron chi connectivity index (χ2n) is 7.48. The van der Waals surface area contributed by atoms with Crippen molar-refractivity contribution in [2.75, 3.05) is 12.4 Å². The van der Waals surface area contributed by atoms with Gasteiger partial charge in [-0.3, -0.25) is 4.79 Å². The molecule has 0 radical (unpaired) electrons. The number of aromatic nitrogens is 2. The number of carbonyl (C=O) groups is 1. The van der Waals surface area contributed by atoms with Crippen LogP contribution in [0.1, 0.15) is 16.2 Å². The highest BCUT2D eigenvalue weighted by molar-refractivity contribution is 6.05. The van der Waals surface area contributed by atoms with Gasteiger partial charge in [0, 0.05) is 16.6 Å². The minimum atomic E-state index is -0.699. The van der Waals surface area contributed by atoms with Crippen LogP contribution in [0.5, 0.6) is 11.5 Å². The fourth-order valence-electron chi connectivity index (χ4n) is 3.36. The summed E-state index contributed by atoms with van der Waals surface area (Å²) < 4.78 is 21.7. The minimum absolute atomic E-state index is 0.0758. The van der Waals surface area contributed by atoms with Gasteiger partial charge in [0.2, 0.25) is 5.89 Å². The first-order chi connectivity index (χ1) is 17.1. The number of ether oxygens (including phenoxy) is 2. The SMILES string of the molecule is COc1ccc(-c2nnc(COc3ccc(NC(=O)c4cc5ccccc5oc4=O)cc3)o2)cc1. The summed E-state index contributed by atoms with van der Waals surface area (Å²) in [4.78, 5) is 24.8. The van der Waals surface area contributed by atoms with Gasteiger partial charge in [-0.2, -0.15) is 0 Å². The van der Waals surface area contributed by atoms with Gasteiger partial charge in [0.25, 0.3) is 11.8 Å². The molecule has 5 rings (SSSR count). The summed E-state index contributed by atoms with van der Waals surface area (Å²) >= 11 is 0. The van der Waals surface area contributed by atoms with Crippen molar-refractivity contribution >= 4 is 22.6 Å². The molecule has 174 valence electrons. The quantitative estimate of drug-likeness (QED) is 0.342.